The highest BCUT2D eigenvalue weighted by atomic mass is 35.7. The lowest BCUT2D eigenvalue weighted by atomic mass is 10.1. The molecule has 0 unspecified atom stereocenters. The molecule has 0 saturated heterocycles. The Hall–Kier alpha value is -2.50. The van der Waals surface area contributed by atoms with E-state index in [0.29, 0.717) is 17.9 Å². The lowest BCUT2D eigenvalue weighted by Crippen LogP contribution is -2.68. The molecule has 10 nitrogen and oxygen atoms in total. The molecule has 2 aromatic heterocycles. The molecule has 134 valence electrons. The van der Waals surface area contributed by atoms with Gasteiger partial charge in [0.1, 0.15) is 0 Å². The van der Waals surface area contributed by atoms with E-state index in [1.54, 1.807) is 12.7 Å². The van der Waals surface area contributed by atoms with Crippen LogP contribution in [0.2, 0.25) is 0 Å². The molecule has 3 aromatic rings. The third-order valence-electron chi connectivity index (χ3n) is 3.12. The van der Waals surface area contributed by atoms with E-state index in [0.717, 1.165) is 11.2 Å². The van der Waals surface area contributed by atoms with E-state index in [4.69, 9.17) is 29.2 Å². The zero-order chi connectivity index (χ0) is 18.6. The third-order valence-corrected chi connectivity index (χ3v) is 3.12. The zero-order valence-corrected chi connectivity index (χ0v) is 14.2. The molecule has 0 aliphatic rings. The molecule has 11 heteroatoms. The summed E-state index contributed by atoms with van der Waals surface area (Å²) < 4.78 is 37.2. The van der Waals surface area contributed by atoms with Crippen LogP contribution in [0.4, 0.5) is 5.82 Å². The number of halogens is 1. The number of imidazole rings is 1. The Labute approximate surface area is 145 Å². The molecule has 0 spiro atoms. The Balaban J connectivity index is 0.000000399. The predicted molar refractivity (Wildman–Crippen MR) is 74.6 cm³/mol. The van der Waals surface area contributed by atoms with Crippen LogP contribution in [0.3, 0.4) is 0 Å². The first-order valence-corrected chi connectivity index (χ1v) is 8.16. The van der Waals surface area contributed by atoms with Gasteiger partial charge in [-0.1, -0.05) is 39.5 Å². The summed E-state index contributed by atoms with van der Waals surface area (Å²) in [6, 6.07) is 8.13. The van der Waals surface area contributed by atoms with Crippen LogP contribution in [0.1, 0.15) is 11.1 Å². The van der Waals surface area contributed by atoms with Gasteiger partial charge in [-0.25, -0.2) is 23.6 Å². The van der Waals surface area contributed by atoms with E-state index in [-0.39, 0.29) is 0 Å². The molecular weight excluding hydrogens is 354 g/mol. The molecule has 2 heterocycles. The first-order valence-electron chi connectivity index (χ1n) is 6.93. The van der Waals surface area contributed by atoms with E-state index in [1.165, 1.54) is 10.3 Å². The number of hydrogen-bond donors (Lipinski definition) is 1. The smallest absolute Gasteiger partial charge is 0.289 e. The van der Waals surface area contributed by atoms with Gasteiger partial charge in [-0.15, -0.1) is 10.2 Å². The van der Waals surface area contributed by atoms with Crippen molar-refractivity contribution in [1.82, 2.24) is 14.5 Å². The largest absolute Gasteiger partial charge is 0.352 e. The van der Waals surface area contributed by atoms with Crippen LogP contribution in [0.5, 0.6) is 0 Å². The van der Waals surface area contributed by atoms with Crippen molar-refractivity contribution in [2.45, 2.75) is 13.5 Å². The van der Waals surface area contributed by atoms with Gasteiger partial charge >= 0.3 is 0 Å². The van der Waals surface area contributed by atoms with Crippen LogP contribution in [-0.2, 0) is 13.7 Å². The standard InChI is InChI=1S/C14H15N5O.ClHO4/c1-10-4-3-5-11(6-10)7-20-19-9-17-14-12(13(19)15)16-8-18(14)2;2-1(3,4)5/h3-6,8-9,15H,7H2,1-2H3;(H,2,3,4,5). The van der Waals surface area contributed by atoms with E-state index >= 15 is 0 Å². The fourth-order valence-electron chi connectivity index (χ4n) is 2.08. The van der Waals surface area contributed by atoms with Crippen LogP contribution in [0, 0.1) is 17.2 Å². The summed E-state index contributed by atoms with van der Waals surface area (Å²) >= 11 is 0. The molecule has 0 aliphatic carbocycles. The Bertz CT molecular complexity index is 858. The molecule has 0 atom stereocenters. The summed E-state index contributed by atoms with van der Waals surface area (Å²) in [6.45, 7) is 2.48. The fourth-order valence-corrected chi connectivity index (χ4v) is 2.08. The number of rotatable bonds is 3. The van der Waals surface area contributed by atoms with Crippen LogP contribution in [0.15, 0.2) is 36.9 Å². The van der Waals surface area contributed by atoms with Gasteiger partial charge in [0.05, 0.1) is 6.33 Å². The normalized spacial score (nSPS) is 11.1. The lowest BCUT2D eigenvalue weighted by Gasteiger charge is -2.17. The average molecular weight is 370 g/mol. The van der Waals surface area contributed by atoms with E-state index < -0.39 is 10.2 Å². The van der Waals surface area contributed by atoms with Gasteiger partial charge in [0.25, 0.3) is 12.1 Å². The zero-order valence-electron chi connectivity index (χ0n) is 13.5. The quantitative estimate of drug-likeness (QED) is 0.457. The molecule has 2 N–H and O–H groups in total. The fraction of sp³-hybridized carbons (Fsp3) is 0.214. The number of anilines is 1. The van der Waals surface area contributed by atoms with Crippen LogP contribution in [0.25, 0.3) is 11.2 Å². The summed E-state index contributed by atoms with van der Waals surface area (Å²) in [5.74, 6) is 0.447. The van der Waals surface area contributed by atoms with Gasteiger partial charge in [-0.3, -0.25) is 0 Å². The van der Waals surface area contributed by atoms with Crippen LogP contribution >= 0.6 is 0 Å². The van der Waals surface area contributed by atoms with Crippen molar-refractivity contribution in [3.63, 3.8) is 0 Å². The van der Waals surface area contributed by atoms with E-state index in [1.807, 2.05) is 36.7 Å². The second-order valence-corrected chi connectivity index (χ2v) is 5.88. The highest BCUT2D eigenvalue weighted by Crippen LogP contribution is 2.11. The molecule has 0 amide bonds. The maximum absolute atomic E-state index is 8.49. The second kappa shape index (κ2) is 7.59. The third kappa shape index (κ3) is 5.52. The Kier molecular flexibility index (Phi) is 5.72. The van der Waals surface area contributed by atoms with Crippen LogP contribution < -0.4 is 33.9 Å². The number of nitrogen functional groups attached to an aromatic ring is 1. The first kappa shape index (κ1) is 18.8. The number of nitrogens with two attached hydrogens (primary N) is 1. The SMILES string of the molecule is Cc1cccc(CO[n+]2cnc3c(ncn3C)c2N)c1.[O-][Cl+3]([O-])([O-])[O-]. The Morgan fingerprint density at radius 2 is 1.92 bits per heavy atom. The van der Waals surface area contributed by atoms with Crippen molar-refractivity contribution >= 4 is 17.0 Å². The molecule has 0 bridgehead atoms. The molecular formula is C14H16ClN5O5. The number of fused-ring (bicyclic) bond motifs is 1. The summed E-state index contributed by atoms with van der Waals surface area (Å²) in [5.41, 5.74) is 9.70. The number of aromatic nitrogens is 4. The van der Waals surface area contributed by atoms with E-state index in [9.17, 15) is 0 Å². The summed E-state index contributed by atoms with van der Waals surface area (Å²) in [5, 5.41) is 0. The van der Waals surface area contributed by atoms with Crippen LogP contribution in [-0.4, -0.2) is 14.5 Å². The predicted octanol–water partition coefficient (Wildman–Crippen LogP) is -3.98. The highest BCUT2D eigenvalue weighted by Gasteiger charge is 2.16. The van der Waals surface area contributed by atoms with Crippen molar-refractivity contribution in [2.24, 2.45) is 7.05 Å². The number of nitrogens with zero attached hydrogens (tertiary/aromatic N) is 4. The molecule has 0 radical (unpaired) electrons. The topological polar surface area (TPSA) is 162 Å². The minimum absolute atomic E-state index is 0.427. The number of benzene rings is 1. The summed E-state index contributed by atoms with van der Waals surface area (Å²) in [6.07, 6.45) is 3.24. The summed E-state index contributed by atoms with van der Waals surface area (Å²) in [7, 11) is -3.07. The molecule has 1 aromatic carbocycles. The molecule has 3 rings (SSSR count). The van der Waals surface area contributed by atoms with Gasteiger partial charge in [0, 0.05) is 7.05 Å². The Morgan fingerprint density at radius 1 is 1.24 bits per heavy atom. The van der Waals surface area contributed by atoms with Gasteiger partial charge in [0.2, 0.25) is 11.2 Å². The van der Waals surface area contributed by atoms with Crippen molar-refractivity contribution in [3.8, 4) is 0 Å². The summed E-state index contributed by atoms with van der Waals surface area (Å²) in [4.78, 5) is 14.2. The van der Waals surface area contributed by atoms with Gasteiger partial charge in [-0.2, -0.15) is 0 Å². The minimum Gasteiger partial charge on any atom is -0.352 e. The van der Waals surface area contributed by atoms with Crippen molar-refractivity contribution in [3.05, 3.63) is 48.0 Å². The van der Waals surface area contributed by atoms with Crippen molar-refractivity contribution in [1.29, 1.82) is 0 Å². The highest BCUT2D eigenvalue weighted by molar-refractivity contribution is 5.79. The maximum Gasteiger partial charge on any atom is 0.289 e. The second-order valence-electron chi connectivity index (χ2n) is 5.12. The monoisotopic (exact) mass is 369 g/mol. The van der Waals surface area contributed by atoms with Crippen molar-refractivity contribution < 1.29 is 38.4 Å². The van der Waals surface area contributed by atoms with Crippen molar-refractivity contribution in [2.75, 3.05) is 5.73 Å². The lowest BCUT2D eigenvalue weighted by molar-refractivity contribution is -2.00. The molecule has 0 aliphatic heterocycles. The Morgan fingerprint density at radius 3 is 2.56 bits per heavy atom. The number of hydrogen-bond acceptors (Lipinski definition) is 8. The average Bonchev–Trinajstić information content (AvgIpc) is 2.87. The van der Waals surface area contributed by atoms with Gasteiger partial charge < -0.3 is 15.1 Å². The first-order chi connectivity index (χ1) is 11.6. The molecule has 0 fully saturated rings. The van der Waals surface area contributed by atoms with E-state index in [2.05, 4.69) is 16.0 Å². The molecule has 0 saturated carbocycles. The maximum atomic E-state index is 8.49. The molecule has 25 heavy (non-hydrogen) atoms. The number of aryl methyl sites for hydroxylation is 2. The van der Waals surface area contributed by atoms with Gasteiger partial charge in [-0.05, 0) is 12.5 Å². The minimum atomic E-state index is -4.94. The van der Waals surface area contributed by atoms with Gasteiger partial charge in [0.15, 0.2) is 6.61 Å².